The summed E-state index contributed by atoms with van der Waals surface area (Å²) in [4.78, 5) is 0. The van der Waals surface area contributed by atoms with Gasteiger partial charge in [0, 0.05) is 11.6 Å². The summed E-state index contributed by atoms with van der Waals surface area (Å²) in [6.45, 7) is 0. The quantitative estimate of drug-likeness (QED) is 0.743. The van der Waals surface area contributed by atoms with Gasteiger partial charge in [0.1, 0.15) is 5.82 Å². The second-order valence-electron chi connectivity index (χ2n) is 6.57. The van der Waals surface area contributed by atoms with Crippen LogP contribution >= 0.6 is 0 Å². The Hall–Kier alpha value is -2.64. The highest BCUT2D eigenvalue weighted by Gasteiger charge is 2.30. The van der Waals surface area contributed by atoms with Gasteiger partial charge < -0.3 is 5.32 Å². The molecule has 0 saturated heterocycles. The smallest absolute Gasteiger partial charge is 0.366 e. The van der Waals surface area contributed by atoms with Gasteiger partial charge in [-0.1, -0.05) is 31.4 Å². The van der Waals surface area contributed by atoms with Crippen LogP contribution in [0.2, 0.25) is 0 Å². The summed E-state index contributed by atoms with van der Waals surface area (Å²) in [6.07, 6.45) is 1.45. The molecule has 8 heteroatoms. The Labute approximate surface area is 148 Å². The lowest BCUT2D eigenvalue weighted by atomic mass is 9.95. The topological polar surface area (TPSA) is 55.1 Å². The number of hydrogen-bond donors (Lipinski definition) is 1. The van der Waals surface area contributed by atoms with E-state index in [1.54, 1.807) is 12.1 Å². The van der Waals surface area contributed by atoms with E-state index in [1.807, 2.05) is 6.07 Å². The number of aromatic nitrogens is 4. The van der Waals surface area contributed by atoms with Crippen molar-refractivity contribution >= 4 is 11.5 Å². The van der Waals surface area contributed by atoms with E-state index >= 15 is 0 Å². The Morgan fingerprint density at radius 2 is 1.81 bits per heavy atom. The molecule has 1 fully saturated rings. The Kier molecular flexibility index (Phi) is 4.26. The van der Waals surface area contributed by atoms with Crippen LogP contribution in [-0.4, -0.2) is 25.9 Å². The number of rotatable bonds is 3. The molecule has 0 aliphatic heterocycles. The van der Waals surface area contributed by atoms with Crippen LogP contribution in [0, 0.1) is 0 Å². The average Bonchev–Trinajstić information content (AvgIpc) is 3.05. The molecule has 136 valence electrons. The van der Waals surface area contributed by atoms with Gasteiger partial charge in [-0.25, -0.2) is 0 Å². The maximum absolute atomic E-state index is 13.0. The fourth-order valence-corrected chi connectivity index (χ4v) is 3.34. The Morgan fingerprint density at radius 3 is 2.58 bits per heavy atom. The molecule has 2 heterocycles. The summed E-state index contributed by atoms with van der Waals surface area (Å²) in [5, 5.41) is 16.0. The standard InChI is InChI=1S/C18H18F3N5/c19-18(20,21)13-6-4-5-12(11-13)17-24-23-16-10-9-15(25-26(16)17)22-14-7-2-1-3-8-14/h4-6,9-11,14H,1-3,7-8H2,(H,22,25). The zero-order valence-corrected chi connectivity index (χ0v) is 14.0. The maximum atomic E-state index is 13.0. The van der Waals surface area contributed by atoms with Gasteiger partial charge in [0.25, 0.3) is 0 Å². The summed E-state index contributed by atoms with van der Waals surface area (Å²) < 4.78 is 40.4. The van der Waals surface area contributed by atoms with Crippen molar-refractivity contribution in [1.29, 1.82) is 0 Å². The van der Waals surface area contributed by atoms with Gasteiger partial charge >= 0.3 is 6.18 Å². The minimum atomic E-state index is -4.41. The van der Waals surface area contributed by atoms with Gasteiger partial charge in [0.2, 0.25) is 0 Å². The van der Waals surface area contributed by atoms with Crippen molar-refractivity contribution in [3.05, 3.63) is 42.0 Å². The first-order valence-electron chi connectivity index (χ1n) is 8.67. The third-order valence-corrected chi connectivity index (χ3v) is 4.67. The molecule has 0 spiro atoms. The van der Waals surface area contributed by atoms with Gasteiger partial charge in [-0.05, 0) is 37.1 Å². The minimum absolute atomic E-state index is 0.290. The molecule has 0 unspecified atom stereocenters. The fraction of sp³-hybridized carbons (Fsp3) is 0.389. The molecule has 0 amide bonds. The number of nitrogens with zero attached hydrogens (tertiary/aromatic N) is 4. The summed E-state index contributed by atoms with van der Waals surface area (Å²) in [7, 11) is 0. The van der Waals surface area contributed by atoms with Crippen molar-refractivity contribution in [2.24, 2.45) is 0 Å². The van der Waals surface area contributed by atoms with E-state index in [1.165, 1.54) is 29.8 Å². The van der Waals surface area contributed by atoms with Crippen molar-refractivity contribution in [1.82, 2.24) is 19.8 Å². The number of nitrogens with one attached hydrogen (secondary N) is 1. The molecule has 26 heavy (non-hydrogen) atoms. The van der Waals surface area contributed by atoms with E-state index in [0.29, 0.717) is 28.9 Å². The summed E-state index contributed by atoms with van der Waals surface area (Å²) in [5.74, 6) is 0.968. The molecule has 1 aliphatic rings. The molecule has 1 aromatic carbocycles. The molecule has 2 aromatic heterocycles. The second-order valence-corrected chi connectivity index (χ2v) is 6.57. The lowest BCUT2D eigenvalue weighted by Gasteiger charge is -2.23. The molecule has 1 saturated carbocycles. The number of anilines is 1. The summed E-state index contributed by atoms with van der Waals surface area (Å²) in [5.41, 5.74) is 0.101. The number of alkyl halides is 3. The molecule has 1 N–H and O–H groups in total. The second kappa shape index (κ2) is 6.59. The Balaban J connectivity index is 1.68. The van der Waals surface area contributed by atoms with Gasteiger partial charge in [0.15, 0.2) is 11.5 Å². The Morgan fingerprint density at radius 1 is 1.00 bits per heavy atom. The van der Waals surface area contributed by atoms with E-state index in [2.05, 4.69) is 20.6 Å². The molecule has 0 bridgehead atoms. The number of hydrogen-bond acceptors (Lipinski definition) is 4. The minimum Gasteiger partial charge on any atom is -0.366 e. The van der Waals surface area contributed by atoms with Crippen LogP contribution in [-0.2, 0) is 6.18 Å². The molecule has 3 aromatic rings. The SMILES string of the molecule is FC(F)(F)c1cccc(-c2nnc3ccc(NC4CCCCC4)nn23)c1. The lowest BCUT2D eigenvalue weighted by Crippen LogP contribution is -2.23. The van der Waals surface area contributed by atoms with E-state index in [4.69, 9.17) is 0 Å². The predicted molar refractivity (Wildman–Crippen MR) is 91.7 cm³/mol. The highest BCUT2D eigenvalue weighted by molar-refractivity contribution is 5.60. The lowest BCUT2D eigenvalue weighted by molar-refractivity contribution is -0.137. The first-order chi connectivity index (χ1) is 12.5. The number of benzene rings is 1. The van der Waals surface area contributed by atoms with E-state index in [-0.39, 0.29) is 0 Å². The first-order valence-corrected chi connectivity index (χ1v) is 8.67. The molecule has 0 radical (unpaired) electrons. The highest BCUT2D eigenvalue weighted by atomic mass is 19.4. The first kappa shape index (κ1) is 16.8. The number of halogens is 3. The largest absolute Gasteiger partial charge is 0.416 e. The van der Waals surface area contributed by atoms with Crippen molar-refractivity contribution in [2.75, 3.05) is 5.32 Å². The zero-order valence-electron chi connectivity index (χ0n) is 14.0. The maximum Gasteiger partial charge on any atom is 0.416 e. The van der Waals surface area contributed by atoms with Gasteiger partial charge in [-0.15, -0.1) is 15.3 Å². The highest BCUT2D eigenvalue weighted by Crippen LogP contribution is 2.31. The predicted octanol–water partition coefficient (Wildman–Crippen LogP) is 4.55. The summed E-state index contributed by atoms with van der Waals surface area (Å²) in [6, 6.07) is 9.02. The molecule has 1 aliphatic carbocycles. The zero-order chi connectivity index (χ0) is 18.1. The van der Waals surface area contributed by atoms with Crippen LogP contribution < -0.4 is 5.32 Å². The fourth-order valence-electron chi connectivity index (χ4n) is 3.34. The van der Waals surface area contributed by atoms with Crippen LogP contribution in [0.25, 0.3) is 17.0 Å². The third kappa shape index (κ3) is 3.36. The Bertz CT molecular complexity index is 913. The van der Waals surface area contributed by atoms with Crippen molar-refractivity contribution in [3.8, 4) is 11.4 Å². The van der Waals surface area contributed by atoms with Crippen LogP contribution in [0.4, 0.5) is 19.0 Å². The molecule has 0 atom stereocenters. The van der Waals surface area contributed by atoms with E-state index in [9.17, 15) is 13.2 Å². The molecular weight excluding hydrogens is 343 g/mol. The van der Waals surface area contributed by atoms with Crippen LogP contribution in [0.5, 0.6) is 0 Å². The number of fused-ring (bicyclic) bond motifs is 1. The van der Waals surface area contributed by atoms with Crippen LogP contribution in [0.15, 0.2) is 36.4 Å². The van der Waals surface area contributed by atoms with Crippen molar-refractivity contribution < 1.29 is 13.2 Å². The molecule has 5 nitrogen and oxygen atoms in total. The average molecular weight is 361 g/mol. The molecular formula is C18H18F3N5. The van der Waals surface area contributed by atoms with Gasteiger partial charge in [-0.3, -0.25) is 0 Å². The van der Waals surface area contributed by atoms with Gasteiger partial charge in [0.05, 0.1) is 5.56 Å². The van der Waals surface area contributed by atoms with Crippen molar-refractivity contribution in [3.63, 3.8) is 0 Å². The van der Waals surface area contributed by atoms with Crippen LogP contribution in [0.1, 0.15) is 37.7 Å². The van der Waals surface area contributed by atoms with E-state index in [0.717, 1.165) is 25.0 Å². The molecule has 4 rings (SSSR count). The van der Waals surface area contributed by atoms with Crippen LogP contribution in [0.3, 0.4) is 0 Å². The summed E-state index contributed by atoms with van der Waals surface area (Å²) >= 11 is 0. The van der Waals surface area contributed by atoms with Gasteiger partial charge in [-0.2, -0.15) is 17.7 Å². The van der Waals surface area contributed by atoms with Crippen molar-refractivity contribution in [2.45, 2.75) is 44.3 Å². The normalized spacial score (nSPS) is 16.1. The third-order valence-electron chi connectivity index (χ3n) is 4.67. The van der Waals surface area contributed by atoms with E-state index < -0.39 is 11.7 Å². The monoisotopic (exact) mass is 361 g/mol.